The van der Waals surface area contributed by atoms with Crippen molar-refractivity contribution < 1.29 is 14.3 Å². The van der Waals surface area contributed by atoms with E-state index >= 15 is 0 Å². The van der Waals surface area contributed by atoms with Crippen LogP contribution in [0.3, 0.4) is 0 Å². The summed E-state index contributed by atoms with van der Waals surface area (Å²) >= 11 is 0. The third-order valence-corrected chi connectivity index (χ3v) is 5.08. The van der Waals surface area contributed by atoms with Gasteiger partial charge in [0, 0.05) is 37.9 Å². The smallest absolute Gasteiger partial charge is 0.407 e. The monoisotopic (exact) mass is 388 g/mol. The summed E-state index contributed by atoms with van der Waals surface area (Å²) in [6.45, 7) is 10.5. The number of hydrogen-bond acceptors (Lipinski definition) is 7. The minimum Gasteiger partial charge on any atom is -0.465 e. The van der Waals surface area contributed by atoms with Gasteiger partial charge in [-0.05, 0) is 50.5 Å². The normalized spacial score (nSPS) is 18.9. The molecule has 1 aliphatic heterocycles. The Morgan fingerprint density at radius 3 is 2.75 bits per heavy atom. The second kappa shape index (κ2) is 8.15. The molecule has 1 saturated heterocycles. The van der Waals surface area contributed by atoms with Crippen molar-refractivity contribution in [1.82, 2.24) is 20.0 Å². The number of aryl methyl sites for hydroxylation is 1. The van der Waals surface area contributed by atoms with Crippen molar-refractivity contribution in [2.45, 2.75) is 46.3 Å². The summed E-state index contributed by atoms with van der Waals surface area (Å²) in [6, 6.07) is 4.18. The molecular weight excluding hydrogens is 360 g/mol. The Kier molecular flexibility index (Phi) is 5.85. The molecule has 1 amide bonds. The second-order valence-electron chi connectivity index (χ2n) is 7.52. The fourth-order valence-corrected chi connectivity index (χ4v) is 3.51. The van der Waals surface area contributed by atoms with Crippen LogP contribution in [0, 0.1) is 13.8 Å². The van der Waals surface area contributed by atoms with Crippen LogP contribution in [-0.2, 0) is 6.54 Å². The highest BCUT2D eigenvalue weighted by molar-refractivity contribution is 5.65. The van der Waals surface area contributed by atoms with E-state index in [2.05, 4.69) is 33.4 Å². The number of amides is 1. The van der Waals surface area contributed by atoms with Crippen molar-refractivity contribution in [3.05, 3.63) is 34.7 Å². The molecule has 152 valence electrons. The van der Waals surface area contributed by atoms with Crippen LogP contribution in [0.15, 0.2) is 16.5 Å². The molecule has 3 rings (SSSR count). The van der Waals surface area contributed by atoms with Gasteiger partial charge in [-0.25, -0.2) is 4.79 Å². The minimum atomic E-state index is -0.851. The first-order valence-corrected chi connectivity index (χ1v) is 9.42. The predicted molar refractivity (Wildman–Crippen MR) is 106 cm³/mol. The lowest BCUT2D eigenvalue weighted by Crippen LogP contribution is -2.53. The van der Waals surface area contributed by atoms with E-state index in [0.29, 0.717) is 31.5 Å². The Morgan fingerprint density at radius 1 is 1.39 bits per heavy atom. The summed E-state index contributed by atoms with van der Waals surface area (Å²) < 4.78 is 5.55. The minimum absolute atomic E-state index is 0.0240. The zero-order chi connectivity index (χ0) is 20.4. The van der Waals surface area contributed by atoms with Gasteiger partial charge < -0.3 is 25.5 Å². The first kappa shape index (κ1) is 20.1. The van der Waals surface area contributed by atoms with Gasteiger partial charge in [-0.3, -0.25) is 4.90 Å². The Hall–Kier alpha value is -2.65. The Balaban J connectivity index is 1.74. The van der Waals surface area contributed by atoms with E-state index in [4.69, 9.17) is 10.2 Å². The van der Waals surface area contributed by atoms with Crippen molar-refractivity contribution in [3.63, 3.8) is 0 Å². The van der Waals surface area contributed by atoms with Gasteiger partial charge in [-0.15, -0.1) is 5.10 Å². The van der Waals surface area contributed by atoms with E-state index in [-0.39, 0.29) is 12.1 Å². The number of nitrogens with two attached hydrogens (primary N) is 1. The molecule has 1 aromatic carbocycles. The highest BCUT2D eigenvalue weighted by Gasteiger charge is 2.27. The molecule has 1 aromatic heterocycles. The molecule has 0 bridgehead atoms. The molecule has 0 unspecified atom stereocenters. The van der Waals surface area contributed by atoms with Crippen molar-refractivity contribution in [2.24, 2.45) is 5.73 Å². The lowest BCUT2D eigenvalue weighted by atomic mass is 10.0. The van der Waals surface area contributed by atoms with Crippen LogP contribution in [0.1, 0.15) is 42.5 Å². The van der Waals surface area contributed by atoms with Crippen molar-refractivity contribution in [2.75, 3.05) is 25.0 Å². The van der Waals surface area contributed by atoms with Crippen molar-refractivity contribution >= 4 is 17.8 Å². The number of rotatable bonds is 5. The fraction of sp³-hybridized carbons (Fsp3) is 0.526. The number of anilines is 2. The van der Waals surface area contributed by atoms with E-state index < -0.39 is 6.09 Å². The highest BCUT2D eigenvalue weighted by atomic mass is 16.4. The molecule has 0 radical (unpaired) electrons. The zero-order valence-corrected chi connectivity index (χ0v) is 16.8. The first-order chi connectivity index (χ1) is 13.2. The zero-order valence-electron chi connectivity index (χ0n) is 16.8. The summed E-state index contributed by atoms with van der Waals surface area (Å²) in [5, 5.41) is 20.4. The number of hydrogen-bond donors (Lipinski definition) is 3. The third-order valence-electron chi connectivity index (χ3n) is 5.08. The summed E-state index contributed by atoms with van der Waals surface area (Å²) in [5.41, 5.74) is 10.1. The maximum absolute atomic E-state index is 11.3. The summed E-state index contributed by atoms with van der Waals surface area (Å²) in [4.78, 5) is 15.0. The van der Waals surface area contributed by atoms with Crippen LogP contribution < -0.4 is 11.1 Å². The molecule has 9 nitrogen and oxygen atoms in total. The van der Waals surface area contributed by atoms with Crippen molar-refractivity contribution in [1.29, 1.82) is 0 Å². The van der Waals surface area contributed by atoms with Gasteiger partial charge in [0.05, 0.1) is 6.04 Å². The maximum atomic E-state index is 11.3. The summed E-state index contributed by atoms with van der Waals surface area (Å²) in [7, 11) is 0. The summed E-state index contributed by atoms with van der Waals surface area (Å²) in [6.07, 6.45) is -0.851. The van der Waals surface area contributed by atoms with Crippen LogP contribution in [0.25, 0.3) is 0 Å². The molecule has 2 atom stereocenters. The Labute approximate surface area is 164 Å². The van der Waals surface area contributed by atoms with Gasteiger partial charge in [-0.1, -0.05) is 11.2 Å². The molecule has 1 fully saturated rings. The standard InChI is InChI=1S/C19H28N6O3/c1-11-7-15(10-24-5-6-25(19(26)27)12(2)9-24)13(3)16(8-11)21-18-23-22-17(28-18)14(4)20/h7-8,12,14H,5-6,9-10,20H2,1-4H3,(H,21,23)(H,26,27)/t12-,14+/m0/s1. The molecule has 28 heavy (non-hydrogen) atoms. The molecule has 1 aliphatic rings. The fourth-order valence-electron chi connectivity index (χ4n) is 3.51. The molecule has 0 saturated carbocycles. The number of aromatic nitrogens is 2. The largest absolute Gasteiger partial charge is 0.465 e. The van der Waals surface area contributed by atoms with Crippen LogP contribution >= 0.6 is 0 Å². The Morgan fingerprint density at radius 2 is 2.14 bits per heavy atom. The van der Waals surface area contributed by atoms with Gasteiger partial charge >= 0.3 is 12.1 Å². The molecule has 2 heterocycles. The molecular formula is C19H28N6O3. The van der Waals surface area contributed by atoms with Gasteiger partial charge in [0.2, 0.25) is 5.89 Å². The first-order valence-electron chi connectivity index (χ1n) is 9.42. The van der Waals surface area contributed by atoms with Crippen LogP contribution in [0.2, 0.25) is 0 Å². The van der Waals surface area contributed by atoms with E-state index in [1.807, 2.05) is 19.9 Å². The molecule has 2 aromatic rings. The average molecular weight is 388 g/mol. The lowest BCUT2D eigenvalue weighted by molar-refractivity contribution is 0.0710. The SMILES string of the molecule is Cc1cc(CN2CCN(C(=O)O)[C@@H](C)C2)c(C)c(Nc2nnc([C@@H](C)N)o2)c1. The van der Waals surface area contributed by atoms with E-state index in [0.717, 1.165) is 23.4 Å². The van der Waals surface area contributed by atoms with E-state index in [1.165, 1.54) is 10.5 Å². The third kappa shape index (κ3) is 4.42. The summed E-state index contributed by atoms with van der Waals surface area (Å²) in [5.74, 6) is 0.387. The second-order valence-corrected chi connectivity index (χ2v) is 7.52. The maximum Gasteiger partial charge on any atom is 0.407 e. The molecule has 0 spiro atoms. The van der Waals surface area contributed by atoms with Gasteiger partial charge in [0.15, 0.2) is 0 Å². The number of carbonyl (C=O) groups is 1. The van der Waals surface area contributed by atoms with Crippen molar-refractivity contribution in [3.8, 4) is 0 Å². The van der Waals surface area contributed by atoms with Gasteiger partial charge in [0.25, 0.3) is 0 Å². The number of piperazine rings is 1. The quantitative estimate of drug-likeness (QED) is 0.715. The predicted octanol–water partition coefficient (Wildman–Crippen LogP) is 2.63. The average Bonchev–Trinajstić information content (AvgIpc) is 3.07. The topological polar surface area (TPSA) is 121 Å². The van der Waals surface area contributed by atoms with Crippen LogP contribution in [0.5, 0.6) is 0 Å². The Bertz CT molecular complexity index is 850. The molecule has 4 N–H and O–H groups in total. The number of benzene rings is 1. The van der Waals surface area contributed by atoms with Crippen LogP contribution in [-0.4, -0.2) is 56.9 Å². The van der Waals surface area contributed by atoms with E-state index in [9.17, 15) is 9.90 Å². The number of nitrogens with zero attached hydrogens (tertiary/aromatic N) is 4. The van der Waals surface area contributed by atoms with E-state index in [1.54, 1.807) is 6.92 Å². The van der Waals surface area contributed by atoms with Gasteiger partial charge in [-0.2, -0.15) is 0 Å². The number of carboxylic acid groups (broad SMARTS) is 1. The molecule has 9 heteroatoms. The lowest BCUT2D eigenvalue weighted by Gasteiger charge is -2.38. The van der Waals surface area contributed by atoms with Crippen LogP contribution in [0.4, 0.5) is 16.5 Å². The van der Waals surface area contributed by atoms with Gasteiger partial charge in [0.1, 0.15) is 0 Å². The highest BCUT2D eigenvalue weighted by Crippen LogP contribution is 2.27. The number of nitrogens with one attached hydrogen (secondary N) is 1. The molecule has 0 aliphatic carbocycles.